The van der Waals surface area contributed by atoms with E-state index in [4.69, 9.17) is 5.73 Å². The van der Waals surface area contributed by atoms with Crippen molar-refractivity contribution in [3.05, 3.63) is 27.2 Å². The smallest absolute Gasteiger partial charge is 0.135 e. The van der Waals surface area contributed by atoms with Gasteiger partial charge in [-0.25, -0.2) is 4.68 Å². The molecule has 80 valence electrons. The lowest BCUT2D eigenvalue weighted by Crippen LogP contribution is -2.05. The van der Waals surface area contributed by atoms with Crippen molar-refractivity contribution in [2.24, 2.45) is 7.05 Å². The summed E-state index contributed by atoms with van der Waals surface area (Å²) in [5, 5.41) is 8.47. The lowest BCUT2D eigenvalue weighted by molar-refractivity contribution is 0.688. The number of nitrogens with zero attached hydrogens (tertiary/aromatic N) is 4. The first-order valence-electron chi connectivity index (χ1n) is 4.54. The van der Waals surface area contributed by atoms with E-state index in [1.807, 2.05) is 26.4 Å². The molecule has 0 aliphatic heterocycles. The number of aromatic nitrogens is 4. The number of hydrogen-bond donors (Lipinski definition) is 1. The van der Waals surface area contributed by atoms with Crippen molar-refractivity contribution in [2.75, 3.05) is 5.73 Å². The fourth-order valence-corrected chi connectivity index (χ4v) is 1.81. The SMILES string of the molecule is Cc1nn(Cc2cnn(C)c2)c(N)c1I. The standard InChI is InChI=1S/C9H12IN5/c1-6-8(10)9(11)15(13-6)5-7-3-12-14(2)4-7/h3-4H,5,11H2,1-2H3. The molecule has 15 heavy (non-hydrogen) atoms. The number of rotatable bonds is 2. The monoisotopic (exact) mass is 317 g/mol. The van der Waals surface area contributed by atoms with Gasteiger partial charge >= 0.3 is 0 Å². The van der Waals surface area contributed by atoms with Crippen LogP contribution in [0.2, 0.25) is 0 Å². The van der Waals surface area contributed by atoms with E-state index < -0.39 is 0 Å². The Bertz CT molecular complexity index is 485. The maximum absolute atomic E-state index is 5.92. The molecule has 0 aliphatic carbocycles. The third-order valence-electron chi connectivity index (χ3n) is 2.18. The predicted molar refractivity (Wildman–Crippen MR) is 66.4 cm³/mol. The van der Waals surface area contributed by atoms with Crippen LogP contribution in [-0.4, -0.2) is 19.6 Å². The van der Waals surface area contributed by atoms with Gasteiger partial charge in [0.15, 0.2) is 0 Å². The number of halogens is 1. The molecule has 0 radical (unpaired) electrons. The Hall–Kier alpha value is -1.05. The molecule has 5 nitrogen and oxygen atoms in total. The molecule has 0 saturated carbocycles. The minimum atomic E-state index is 0.670. The quantitative estimate of drug-likeness (QED) is 0.846. The van der Waals surface area contributed by atoms with Crippen molar-refractivity contribution in [1.29, 1.82) is 0 Å². The first kappa shape index (κ1) is 10.5. The molecule has 0 spiro atoms. The fraction of sp³-hybridized carbons (Fsp3) is 0.333. The number of nitrogen functional groups attached to an aromatic ring is 1. The highest BCUT2D eigenvalue weighted by molar-refractivity contribution is 14.1. The molecule has 2 heterocycles. The van der Waals surface area contributed by atoms with Crippen molar-refractivity contribution in [2.45, 2.75) is 13.5 Å². The molecule has 0 aromatic carbocycles. The Morgan fingerprint density at radius 2 is 2.27 bits per heavy atom. The zero-order valence-electron chi connectivity index (χ0n) is 8.61. The van der Waals surface area contributed by atoms with Crippen LogP contribution in [0.1, 0.15) is 11.3 Å². The van der Waals surface area contributed by atoms with Gasteiger partial charge in [-0.3, -0.25) is 4.68 Å². The molecule has 0 amide bonds. The molecule has 0 aliphatic rings. The van der Waals surface area contributed by atoms with Crippen molar-refractivity contribution in [1.82, 2.24) is 19.6 Å². The maximum atomic E-state index is 5.92. The minimum absolute atomic E-state index is 0.670. The summed E-state index contributed by atoms with van der Waals surface area (Å²) in [7, 11) is 1.89. The van der Waals surface area contributed by atoms with Gasteiger partial charge in [0.1, 0.15) is 5.82 Å². The van der Waals surface area contributed by atoms with Crippen LogP contribution in [0.3, 0.4) is 0 Å². The molecule has 0 unspecified atom stereocenters. The average Bonchev–Trinajstić information content (AvgIpc) is 2.68. The average molecular weight is 317 g/mol. The highest BCUT2D eigenvalue weighted by atomic mass is 127. The normalized spacial score (nSPS) is 10.9. The highest BCUT2D eigenvalue weighted by Crippen LogP contribution is 2.19. The van der Waals surface area contributed by atoms with Crippen molar-refractivity contribution < 1.29 is 0 Å². The lowest BCUT2D eigenvalue weighted by Gasteiger charge is -2.00. The van der Waals surface area contributed by atoms with E-state index in [2.05, 4.69) is 32.8 Å². The summed E-state index contributed by atoms with van der Waals surface area (Å²) in [4.78, 5) is 0. The van der Waals surface area contributed by atoms with Gasteiger partial charge in [-0.05, 0) is 29.5 Å². The number of aryl methyl sites for hydroxylation is 2. The zero-order valence-corrected chi connectivity index (χ0v) is 10.8. The Balaban J connectivity index is 2.28. The second kappa shape index (κ2) is 3.84. The molecular formula is C9H12IN5. The zero-order chi connectivity index (χ0) is 11.0. The summed E-state index contributed by atoms with van der Waals surface area (Å²) in [6.07, 6.45) is 3.78. The van der Waals surface area contributed by atoms with E-state index >= 15 is 0 Å². The third kappa shape index (κ3) is 1.99. The van der Waals surface area contributed by atoms with E-state index in [0.29, 0.717) is 6.54 Å². The summed E-state index contributed by atoms with van der Waals surface area (Å²) in [5.41, 5.74) is 7.99. The topological polar surface area (TPSA) is 61.7 Å². The second-order valence-corrected chi connectivity index (χ2v) is 4.54. The van der Waals surface area contributed by atoms with Gasteiger partial charge in [0.05, 0.1) is 22.0 Å². The Morgan fingerprint density at radius 3 is 2.73 bits per heavy atom. The Morgan fingerprint density at radius 1 is 1.53 bits per heavy atom. The van der Waals surface area contributed by atoms with Crippen LogP contribution in [0.25, 0.3) is 0 Å². The maximum Gasteiger partial charge on any atom is 0.135 e. The van der Waals surface area contributed by atoms with E-state index in [9.17, 15) is 0 Å². The summed E-state index contributed by atoms with van der Waals surface area (Å²) in [5.74, 6) is 0.719. The van der Waals surface area contributed by atoms with Crippen LogP contribution in [-0.2, 0) is 13.6 Å². The Kier molecular flexibility index (Phi) is 2.68. The van der Waals surface area contributed by atoms with E-state index in [1.54, 1.807) is 9.36 Å². The van der Waals surface area contributed by atoms with Gasteiger partial charge < -0.3 is 5.73 Å². The van der Waals surface area contributed by atoms with Crippen molar-refractivity contribution in [3.63, 3.8) is 0 Å². The van der Waals surface area contributed by atoms with Gasteiger partial charge in [0, 0.05) is 18.8 Å². The fourth-order valence-electron chi connectivity index (χ4n) is 1.42. The largest absolute Gasteiger partial charge is 0.383 e. The summed E-state index contributed by atoms with van der Waals surface area (Å²) in [6.45, 7) is 2.63. The van der Waals surface area contributed by atoms with E-state index in [0.717, 1.165) is 20.6 Å². The van der Waals surface area contributed by atoms with E-state index in [-0.39, 0.29) is 0 Å². The molecule has 0 fully saturated rings. The summed E-state index contributed by atoms with van der Waals surface area (Å²) in [6, 6.07) is 0. The molecular weight excluding hydrogens is 305 g/mol. The minimum Gasteiger partial charge on any atom is -0.383 e. The van der Waals surface area contributed by atoms with Crippen LogP contribution in [0.5, 0.6) is 0 Å². The van der Waals surface area contributed by atoms with Gasteiger partial charge in [-0.1, -0.05) is 0 Å². The van der Waals surface area contributed by atoms with Gasteiger partial charge in [-0.15, -0.1) is 0 Å². The molecule has 0 atom stereocenters. The first-order chi connectivity index (χ1) is 7.08. The first-order valence-corrected chi connectivity index (χ1v) is 5.61. The van der Waals surface area contributed by atoms with Crippen LogP contribution >= 0.6 is 22.6 Å². The molecule has 2 rings (SSSR count). The van der Waals surface area contributed by atoms with Crippen molar-refractivity contribution >= 4 is 28.4 Å². The van der Waals surface area contributed by atoms with Crippen molar-refractivity contribution in [3.8, 4) is 0 Å². The van der Waals surface area contributed by atoms with E-state index in [1.165, 1.54) is 0 Å². The number of anilines is 1. The van der Waals surface area contributed by atoms with Gasteiger partial charge in [-0.2, -0.15) is 10.2 Å². The highest BCUT2D eigenvalue weighted by Gasteiger charge is 2.10. The third-order valence-corrected chi connectivity index (χ3v) is 3.52. The van der Waals surface area contributed by atoms with Gasteiger partial charge in [0.25, 0.3) is 0 Å². The summed E-state index contributed by atoms with van der Waals surface area (Å²) < 4.78 is 4.59. The molecule has 2 aromatic rings. The summed E-state index contributed by atoms with van der Waals surface area (Å²) >= 11 is 2.21. The van der Waals surface area contributed by atoms with Crippen LogP contribution < -0.4 is 5.73 Å². The Labute approximate surface area is 101 Å². The van der Waals surface area contributed by atoms with Gasteiger partial charge in [0.2, 0.25) is 0 Å². The van der Waals surface area contributed by atoms with Crippen LogP contribution in [0, 0.1) is 10.5 Å². The predicted octanol–water partition coefficient (Wildman–Crippen LogP) is 1.16. The molecule has 2 aromatic heterocycles. The van der Waals surface area contributed by atoms with Crippen LogP contribution in [0.15, 0.2) is 12.4 Å². The number of hydrogen-bond acceptors (Lipinski definition) is 3. The second-order valence-electron chi connectivity index (χ2n) is 3.46. The molecule has 0 bridgehead atoms. The molecule has 6 heteroatoms. The number of nitrogens with two attached hydrogens (primary N) is 1. The van der Waals surface area contributed by atoms with Crippen LogP contribution in [0.4, 0.5) is 5.82 Å². The molecule has 2 N–H and O–H groups in total. The molecule has 0 saturated heterocycles. The lowest BCUT2D eigenvalue weighted by atomic mass is 10.4.